The van der Waals surface area contributed by atoms with Crippen LogP contribution in [0.15, 0.2) is 48.7 Å². The average molecular weight is 177 g/mol. The molecule has 0 radical (unpaired) electrons. The van der Waals surface area contributed by atoms with Crippen LogP contribution in [0.1, 0.15) is 13.8 Å². The van der Waals surface area contributed by atoms with E-state index in [2.05, 4.69) is 11.9 Å². The van der Waals surface area contributed by atoms with E-state index in [1.165, 1.54) is 6.08 Å². The van der Waals surface area contributed by atoms with Gasteiger partial charge in [0, 0.05) is 5.70 Å². The highest BCUT2D eigenvalue weighted by atomic mass is 16.1. The fraction of sp³-hybridized carbons (Fsp3) is 0.182. The van der Waals surface area contributed by atoms with Gasteiger partial charge in [-0.25, -0.2) is 0 Å². The summed E-state index contributed by atoms with van der Waals surface area (Å²) in [6.07, 6.45) is 10.7. The topological polar surface area (TPSA) is 29.1 Å². The third-order valence-electron chi connectivity index (χ3n) is 1.27. The first kappa shape index (κ1) is 11.4. The lowest BCUT2D eigenvalue weighted by Crippen LogP contribution is -2.17. The van der Waals surface area contributed by atoms with E-state index in [0.29, 0.717) is 0 Å². The molecule has 1 amide bonds. The minimum Gasteiger partial charge on any atom is -0.327 e. The lowest BCUT2D eigenvalue weighted by Gasteiger charge is -1.98. The van der Waals surface area contributed by atoms with Gasteiger partial charge >= 0.3 is 0 Å². The van der Waals surface area contributed by atoms with Crippen LogP contribution in [0.5, 0.6) is 0 Å². The van der Waals surface area contributed by atoms with Crippen molar-refractivity contribution in [1.29, 1.82) is 0 Å². The molecule has 0 unspecified atom stereocenters. The first-order valence-electron chi connectivity index (χ1n) is 4.10. The number of nitrogens with one attached hydrogen (secondary N) is 1. The predicted molar refractivity (Wildman–Crippen MR) is 56.1 cm³/mol. The zero-order valence-electron chi connectivity index (χ0n) is 8.08. The Morgan fingerprint density at radius 3 is 2.54 bits per heavy atom. The summed E-state index contributed by atoms with van der Waals surface area (Å²) in [6, 6.07) is 0. The highest BCUT2D eigenvalue weighted by molar-refractivity contribution is 5.88. The number of allylic oxidation sites excluding steroid dienone is 6. The van der Waals surface area contributed by atoms with Gasteiger partial charge in [-0.1, -0.05) is 30.9 Å². The quantitative estimate of drug-likeness (QED) is 0.518. The zero-order valence-corrected chi connectivity index (χ0v) is 8.08. The smallest absolute Gasteiger partial charge is 0.247 e. The molecule has 1 N–H and O–H groups in total. The van der Waals surface area contributed by atoms with E-state index in [-0.39, 0.29) is 5.91 Å². The fourth-order valence-corrected chi connectivity index (χ4v) is 0.662. The van der Waals surface area contributed by atoms with Crippen molar-refractivity contribution >= 4 is 5.91 Å². The summed E-state index contributed by atoms with van der Waals surface area (Å²) in [5.74, 6) is -0.187. The van der Waals surface area contributed by atoms with Gasteiger partial charge in [-0.2, -0.15) is 0 Å². The Labute approximate surface area is 79.3 Å². The summed E-state index contributed by atoms with van der Waals surface area (Å²) in [7, 11) is 0. The molecule has 0 saturated heterocycles. The van der Waals surface area contributed by atoms with Crippen LogP contribution in [-0.2, 0) is 4.79 Å². The normalized spacial score (nSPS) is 12.3. The van der Waals surface area contributed by atoms with Gasteiger partial charge in [0.1, 0.15) is 0 Å². The van der Waals surface area contributed by atoms with Gasteiger partial charge in [0.2, 0.25) is 5.91 Å². The molecule has 0 fully saturated rings. The second kappa shape index (κ2) is 7.10. The number of amides is 1. The monoisotopic (exact) mass is 177 g/mol. The Morgan fingerprint density at radius 2 is 2.00 bits per heavy atom. The first-order valence-corrected chi connectivity index (χ1v) is 4.10. The summed E-state index contributed by atoms with van der Waals surface area (Å²) in [6.45, 7) is 7.12. The Morgan fingerprint density at radius 1 is 1.31 bits per heavy atom. The molecule has 0 aliphatic carbocycles. The summed E-state index contributed by atoms with van der Waals surface area (Å²) in [5.41, 5.74) is 0.797. The Kier molecular flexibility index (Phi) is 6.24. The van der Waals surface area contributed by atoms with E-state index in [1.54, 1.807) is 0 Å². The molecule has 0 atom stereocenters. The molecule has 70 valence electrons. The van der Waals surface area contributed by atoms with Gasteiger partial charge in [0.15, 0.2) is 0 Å². The molecular formula is C11H15NO. The van der Waals surface area contributed by atoms with Crippen molar-refractivity contribution in [1.82, 2.24) is 5.32 Å². The molecule has 0 aromatic rings. The Hall–Kier alpha value is -1.57. The van der Waals surface area contributed by atoms with Crippen molar-refractivity contribution in [3.63, 3.8) is 0 Å². The van der Waals surface area contributed by atoms with Crippen molar-refractivity contribution < 1.29 is 4.79 Å². The van der Waals surface area contributed by atoms with Crippen LogP contribution in [-0.4, -0.2) is 5.91 Å². The molecular weight excluding hydrogens is 162 g/mol. The third kappa shape index (κ3) is 6.81. The van der Waals surface area contributed by atoms with E-state index >= 15 is 0 Å². The van der Waals surface area contributed by atoms with Crippen LogP contribution >= 0.6 is 0 Å². The molecule has 0 bridgehead atoms. The molecule has 0 aromatic carbocycles. The highest BCUT2D eigenvalue weighted by Crippen LogP contribution is 1.88. The lowest BCUT2D eigenvalue weighted by molar-refractivity contribution is -0.115. The molecule has 0 spiro atoms. The Balaban J connectivity index is 4.02. The zero-order chi connectivity index (χ0) is 10.1. The van der Waals surface area contributed by atoms with Crippen molar-refractivity contribution in [3.8, 4) is 0 Å². The van der Waals surface area contributed by atoms with Crippen LogP contribution in [0.2, 0.25) is 0 Å². The Bertz CT molecular complexity index is 259. The summed E-state index contributed by atoms with van der Waals surface area (Å²) in [5, 5.41) is 2.64. The van der Waals surface area contributed by atoms with Gasteiger partial charge in [-0.15, -0.1) is 0 Å². The maximum atomic E-state index is 10.8. The first-order chi connectivity index (χ1) is 6.20. The maximum Gasteiger partial charge on any atom is 0.247 e. The van der Waals surface area contributed by atoms with Crippen LogP contribution < -0.4 is 5.32 Å². The van der Waals surface area contributed by atoms with Crippen molar-refractivity contribution in [2.24, 2.45) is 0 Å². The predicted octanol–water partition coefficient (Wildman–Crippen LogP) is 2.32. The largest absolute Gasteiger partial charge is 0.327 e. The molecule has 13 heavy (non-hydrogen) atoms. The number of hydrogen-bond acceptors (Lipinski definition) is 1. The van der Waals surface area contributed by atoms with Crippen LogP contribution in [0.4, 0.5) is 0 Å². The molecule has 0 aromatic heterocycles. The van der Waals surface area contributed by atoms with Gasteiger partial charge in [-0.05, 0) is 26.0 Å². The lowest BCUT2D eigenvalue weighted by atomic mass is 10.3. The third-order valence-corrected chi connectivity index (χ3v) is 1.27. The molecule has 2 nitrogen and oxygen atoms in total. The second-order valence-corrected chi connectivity index (χ2v) is 2.45. The SMILES string of the molecule is C=CC(=O)N/C(C)=C/C=C\C=C/C. The minimum atomic E-state index is -0.187. The standard InChI is InChI=1S/C11H15NO/c1-4-6-7-8-9-10(3)12-11(13)5-2/h4-9H,2H2,1,3H3,(H,12,13)/b6-4-,8-7-,10-9+. The summed E-state index contributed by atoms with van der Waals surface area (Å²) < 4.78 is 0. The highest BCUT2D eigenvalue weighted by Gasteiger charge is 1.91. The van der Waals surface area contributed by atoms with Crippen molar-refractivity contribution in [3.05, 3.63) is 48.7 Å². The number of carbonyl (C=O) groups excluding carboxylic acids is 1. The van der Waals surface area contributed by atoms with Crippen LogP contribution in [0.25, 0.3) is 0 Å². The minimum absolute atomic E-state index is 0.187. The molecule has 2 heteroatoms. The van der Waals surface area contributed by atoms with E-state index < -0.39 is 0 Å². The number of carbonyl (C=O) groups is 1. The summed E-state index contributed by atoms with van der Waals surface area (Å²) in [4.78, 5) is 10.8. The molecule has 0 heterocycles. The van der Waals surface area contributed by atoms with Crippen molar-refractivity contribution in [2.45, 2.75) is 13.8 Å². The maximum absolute atomic E-state index is 10.8. The van der Waals surface area contributed by atoms with E-state index in [9.17, 15) is 4.79 Å². The molecule has 0 aliphatic heterocycles. The van der Waals surface area contributed by atoms with Gasteiger partial charge < -0.3 is 5.32 Å². The average Bonchev–Trinajstić information content (AvgIpc) is 2.12. The van der Waals surface area contributed by atoms with Crippen molar-refractivity contribution in [2.75, 3.05) is 0 Å². The molecule has 0 rings (SSSR count). The molecule has 0 saturated carbocycles. The summed E-state index contributed by atoms with van der Waals surface area (Å²) >= 11 is 0. The van der Waals surface area contributed by atoms with Crippen LogP contribution in [0.3, 0.4) is 0 Å². The van der Waals surface area contributed by atoms with Gasteiger partial charge in [0.25, 0.3) is 0 Å². The van der Waals surface area contributed by atoms with E-state index in [1.807, 2.05) is 44.2 Å². The number of rotatable bonds is 4. The molecule has 0 aliphatic rings. The van der Waals surface area contributed by atoms with Gasteiger partial charge in [-0.3, -0.25) is 4.79 Å². The van der Waals surface area contributed by atoms with Crippen LogP contribution in [0, 0.1) is 0 Å². The second-order valence-electron chi connectivity index (χ2n) is 2.45. The fourth-order valence-electron chi connectivity index (χ4n) is 0.662. The van der Waals surface area contributed by atoms with E-state index in [0.717, 1.165) is 5.70 Å². The van der Waals surface area contributed by atoms with E-state index in [4.69, 9.17) is 0 Å². The van der Waals surface area contributed by atoms with Gasteiger partial charge in [0.05, 0.1) is 0 Å². The number of hydrogen-bond donors (Lipinski definition) is 1.